The minimum atomic E-state index is -1.62. The van der Waals surface area contributed by atoms with Crippen LogP contribution in [0.4, 0.5) is 0 Å². The molecule has 0 spiro atoms. The second kappa shape index (κ2) is 4.43. The van der Waals surface area contributed by atoms with E-state index < -0.39 is 12.1 Å². The number of furan rings is 1. The van der Waals surface area contributed by atoms with Gasteiger partial charge in [-0.25, -0.2) is 4.79 Å². The summed E-state index contributed by atoms with van der Waals surface area (Å²) in [5, 5.41) is 18.0. The third kappa shape index (κ3) is 2.37. The maximum atomic E-state index is 10.6. The van der Waals surface area contributed by atoms with Gasteiger partial charge in [0.15, 0.2) is 0 Å². The SMILES string of the molecule is Cc1ccc(-c2ccc(C(O)C(=O)O)o2)cc1. The summed E-state index contributed by atoms with van der Waals surface area (Å²) in [5.74, 6) is -0.747. The highest BCUT2D eigenvalue weighted by Gasteiger charge is 2.20. The third-order valence-electron chi connectivity index (χ3n) is 2.47. The number of benzene rings is 1. The first-order chi connectivity index (χ1) is 8.08. The molecule has 4 nitrogen and oxygen atoms in total. The first-order valence-corrected chi connectivity index (χ1v) is 5.15. The van der Waals surface area contributed by atoms with Gasteiger partial charge < -0.3 is 14.6 Å². The molecule has 0 radical (unpaired) electrons. The smallest absolute Gasteiger partial charge is 0.340 e. The van der Waals surface area contributed by atoms with Crippen LogP contribution in [0, 0.1) is 6.92 Å². The van der Waals surface area contributed by atoms with Crippen LogP contribution < -0.4 is 0 Å². The highest BCUT2D eigenvalue weighted by atomic mass is 16.4. The van der Waals surface area contributed by atoms with Crippen molar-refractivity contribution in [2.45, 2.75) is 13.0 Å². The van der Waals surface area contributed by atoms with Crippen molar-refractivity contribution in [3.63, 3.8) is 0 Å². The van der Waals surface area contributed by atoms with Crippen molar-refractivity contribution in [3.05, 3.63) is 47.7 Å². The molecule has 0 fully saturated rings. The maximum absolute atomic E-state index is 10.6. The molecule has 1 aromatic heterocycles. The lowest BCUT2D eigenvalue weighted by Crippen LogP contribution is -2.09. The summed E-state index contributed by atoms with van der Waals surface area (Å²) in [6.07, 6.45) is -1.62. The van der Waals surface area contributed by atoms with E-state index in [1.54, 1.807) is 6.07 Å². The van der Waals surface area contributed by atoms with Crippen LogP contribution in [0.2, 0.25) is 0 Å². The lowest BCUT2D eigenvalue weighted by Gasteiger charge is -2.01. The summed E-state index contributed by atoms with van der Waals surface area (Å²) in [5.41, 5.74) is 1.98. The molecule has 1 unspecified atom stereocenters. The molecular formula is C13H12O4. The minimum Gasteiger partial charge on any atom is -0.479 e. The summed E-state index contributed by atoms with van der Waals surface area (Å²) in [6, 6.07) is 10.7. The van der Waals surface area contributed by atoms with Gasteiger partial charge >= 0.3 is 5.97 Å². The number of carboxylic acids is 1. The van der Waals surface area contributed by atoms with Gasteiger partial charge in [0, 0.05) is 5.56 Å². The molecular weight excluding hydrogens is 220 g/mol. The van der Waals surface area contributed by atoms with Gasteiger partial charge in [-0.1, -0.05) is 29.8 Å². The highest BCUT2D eigenvalue weighted by molar-refractivity contribution is 5.73. The molecule has 0 amide bonds. The number of aryl methyl sites for hydroxylation is 1. The van der Waals surface area contributed by atoms with Crippen LogP contribution in [0.1, 0.15) is 17.4 Å². The number of hydrogen-bond acceptors (Lipinski definition) is 3. The number of aliphatic hydroxyl groups excluding tert-OH is 1. The van der Waals surface area contributed by atoms with E-state index in [1.165, 1.54) is 6.07 Å². The number of hydrogen-bond donors (Lipinski definition) is 2. The molecule has 1 aromatic carbocycles. The van der Waals surface area contributed by atoms with E-state index in [2.05, 4.69) is 0 Å². The number of aliphatic carboxylic acids is 1. The Hall–Kier alpha value is -2.07. The maximum Gasteiger partial charge on any atom is 0.340 e. The van der Waals surface area contributed by atoms with Gasteiger partial charge in [-0.2, -0.15) is 0 Å². The van der Waals surface area contributed by atoms with Crippen LogP contribution in [-0.4, -0.2) is 16.2 Å². The first kappa shape index (κ1) is 11.4. The zero-order chi connectivity index (χ0) is 12.4. The van der Waals surface area contributed by atoms with Crippen molar-refractivity contribution in [1.82, 2.24) is 0 Å². The van der Waals surface area contributed by atoms with E-state index >= 15 is 0 Å². The molecule has 88 valence electrons. The number of rotatable bonds is 3. The average Bonchev–Trinajstić information content (AvgIpc) is 2.78. The topological polar surface area (TPSA) is 70.7 Å². The zero-order valence-electron chi connectivity index (χ0n) is 9.25. The minimum absolute atomic E-state index is 0.0353. The van der Waals surface area contributed by atoms with Gasteiger partial charge in [-0.3, -0.25) is 0 Å². The van der Waals surface area contributed by atoms with E-state index in [0.717, 1.165) is 11.1 Å². The third-order valence-corrected chi connectivity index (χ3v) is 2.47. The molecule has 1 atom stereocenters. The zero-order valence-corrected chi connectivity index (χ0v) is 9.25. The second-order valence-electron chi connectivity index (χ2n) is 3.81. The van der Waals surface area contributed by atoms with Gasteiger partial charge in [0.25, 0.3) is 0 Å². The van der Waals surface area contributed by atoms with Gasteiger partial charge in [0.1, 0.15) is 11.5 Å². The molecule has 0 aliphatic carbocycles. The van der Waals surface area contributed by atoms with Crippen molar-refractivity contribution in [2.24, 2.45) is 0 Å². The van der Waals surface area contributed by atoms with E-state index in [4.69, 9.17) is 9.52 Å². The molecule has 0 saturated heterocycles. The molecule has 0 saturated carbocycles. The monoisotopic (exact) mass is 232 g/mol. The van der Waals surface area contributed by atoms with Crippen LogP contribution in [0.3, 0.4) is 0 Å². The molecule has 4 heteroatoms. The largest absolute Gasteiger partial charge is 0.479 e. The standard InChI is InChI=1S/C13H12O4/c1-8-2-4-9(5-3-8)10-6-7-11(17-10)12(14)13(15)16/h2-7,12,14H,1H3,(H,15,16). The van der Waals surface area contributed by atoms with Crippen LogP contribution in [0.15, 0.2) is 40.8 Å². The molecule has 0 bridgehead atoms. The molecule has 2 aromatic rings. The summed E-state index contributed by atoms with van der Waals surface area (Å²) in [4.78, 5) is 10.6. The Kier molecular flexibility index (Phi) is 2.97. The number of carboxylic acid groups (broad SMARTS) is 1. The van der Waals surface area contributed by atoms with Gasteiger partial charge in [0.2, 0.25) is 6.10 Å². The normalized spacial score (nSPS) is 12.4. The van der Waals surface area contributed by atoms with Crippen LogP contribution in [0.5, 0.6) is 0 Å². The lowest BCUT2D eigenvalue weighted by atomic mass is 10.1. The van der Waals surface area contributed by atoms with Crippen LogP contribution in [-0.2, 0) is 4.79 Å². The van der Waals surface area contributed by atoms with E-state index in [0.29, 0.717) is 5.76 Å². The quantitative estimate of drug-likeness (QED) is 0.852. The van der Waals surface area contributed by atoms with E-state index in [-0.39, 0.29) is 5.76 Å². The predicted molar refractivity (Wildman–Crippen MR) is 61.5 cm³/mol. The van der Waals surface area contributed by atoms with Gasteiger partial charge in [-0.05, 0) is 19.1 Å². The Bertz CT molecular complexity index is 525. The van der Waals surface area contributed by atoms with Gasteiger partial charge in [0.05, 0.1) is 0 Å². The molecule has 0 aliphatic heterocycles. The van der Waals surface area contributed by atoms with Crippen molar-refractivity contribution < 1.29 is 19.4 Å². The first-order valence-electron chi connectivity index (χ1n) is 5.15. The predicted octanol–water partition coefficient (Wildman–Crippen LogP) is 2.37. The van der Waals surface area contributed by atoms with Gasteiger partial charge in [-0.15, -0.1) is 0 Å². The Labute approximate surface area is 98.1 Å². The van der Waals surface area contributed by atoms with Crippen LogP contribution in [0.25, 0.3) is 11.3 Å². The van der Waals surface area contributed by atoms with Crippen molar-refractivity contribution in [3.8, 4) is 11.3 Å². The summed E-state index contributed by atoms with van der Waals surface area (Å²) in [7, 11) is 0. The fourth-order valence-corrected chi connectivity index (χ4v) is 1.49. The van der Waals surface area contributed by atoms with Crippen molar-refractivity contribution >= 4 is 5.97 Å². The Morgan fingerprint density at radius 1 is 1.18 bits per heavy atom. The molecule has 17 heavy (non-hydrogen) atoms. The fraction of sp³-hybridized carbons (Fsp3) is 0.154. The Morgan fingerprint density at radius 3 is 2.41 bits per heavy atom. The van der Waals surface area contributed by atoms with Crippen molar-refractivity contribution in [2.75, 3.05) is 0 Å². The molecule has 0 aliphatic rings. The van der Waals surface area contributed by atoms with Crippen LogP contribution >= 0.6 is 0 Å². The number of carbonyl (C=O) groups is 1. The molecule has 2 rings (SSSR count). The lowest BCUT2D eigenvalue weighted by molar-refractivity contribution is -0.147. The second-order valence-corrected chi connectivity index (χ2v) is 3.81. The Balaban J connectivity index is 2.29. The summed E-state index contributed by atoms with van der Waals surface area (Å²) in [6.45, 7) is 1.98. The fourth-order valence-electron chi connectivity index (χ4n) is 1.49. The summed E-state index contributed by atoms with van der Waals surface area (Å²) >= 11 is 0. The highest BCUT2D eigenvalue weighted by Crippen LogP contribution is 2.25. The number of aliphatic hydroxyl groups is 1. The average molecular weight is 232 g/mol. The summed E-state index contributed by atoms with van der Waals surface area (Å²) < 4.78 is 5.30. The van der Waals surface area contributed by atoms with E-state index in [1.807, 2.05) is 31.2 Å². The molecule has 1 heterocycles. The Morgan fingerprint density at radius 2 is 1.82 bits per heavy atom. The van der Waals surface area contributed by atoms with Crippen molar-refractivity contribution in [1.29, 1.82) is 0 Å². The molecule has 2 N–H and O–H groups in total. The van der Waals surface area contributed by atoms with E-state index in [9.17, 15) is 9.90 Å².